The molecule has 180 valence electrons. The number of carbonyl (C=O) groups excluding carboxylic acids is 1. The number of hydrogen-bond acceptors (Lipinski definition) is 6. The maximum absolute atomic E-state index is 13.9. The number of rotatable bonds is 6. The minimum Gasteiger partial charge on any atom is -0.497 e. The van der Waals surface area contributed by atoms with Gasteiger partial charge in [0.2, 0.25) is 0 Å². The monoisotopic (exact) mass is 491 g/mol. The number of morpholine rings is 1. The number of nitrogens with one attached hydrogen (secondary N) is 1. The van der Waals surface area contributed by atoms with Crippen LogP contribution in [0.15, 0.2) is 48.5 Å². The van der Waals surface area contributed by atoms with Gasteiger partial charge in [-0.05, 0) is 36.8 Å². The van der Waals surface area contributed by atoms with E-state index in [2.05, 4.69) is 15.2 Å². The first-order valence-electron chi connectivity index (χ1n) is 10.7. The van der Waals surface area contributed by atoms with E-state index in [4.69, 9.17) is 9.47 Å². The highest BCUT2D eigenvalue weighted by Crippen LogP contribution is 2.40. The summed E-state index contributed by atoms with van der Waals surface area (Å²) in [6.45, 7) is 4.03. The molecule has 4 rings (SSSR count). The molecule has 1 unspecified atom stereocenters. The van der Waals surface area contributed by atoms with Crippen LogP contribution in [0.25, 0.3) is 10.6 Å². The number of thiazole rings is 1. The molecule has 3 aromatic rings. The molecule has 0 aliphatic carbocycles. The molecule has 1 N–H and O–H groups in total. The van der Waals surface area contributed by atoms with Crippen LogP contribution in [0.1, 0.15) is 33.9 Å². The fourth-order valence-electron chi connectivity index (χ4n) is 3.77. The first kappa shape index (κ1) is 24.0. The van der Waals surface area contributed by atoms with Crippen LogP contribution in [0, 0.1) is 0 Å². The van der Waals surface area contributed by atoms with E-state index >= 15 is 0 Å². The first-order chi connectivity index (χ1) is 16.3. The number of halogens is 3. The lowest BCUT2D eigenvalue weighted by Gasteiger charge is -2.30. The van der Waals surface area contributed by atoms with Gasteiger partial charge in [0.25, 0.3) is 5.91 Å². The molecule has 2 heterocycles. The Labute approximate surface area is 199 Å². The highest BCUT2D eigenvalue weighted by Gasteiger charge is 2.40. The molecule has 0 radical (unpaired) electrons. The lowest BCUT2D eigenvalue weighted by atomic mass is 10.1. The summed E-state index contributed by atoms with van der Waals surface area (Å²) in [5.74, 6) is -0.232. The van der Waals surface area contributed by atoms with Crippen molar-refractivity contribution in [3.63, 3.8) is 0 Å². The maximum Gasteiger partial charge on any atom is 0.435 e. The molecule has 0 bridgehead atoms. The van der Waals surface area contributed by atoms with Crippen molar-refractivity contribution in [2.24, 2.45) is 0 Å². The molecule has 1 aliphatic heterocycles. The third kappa shape index (κ3) is 5.18. The summed E-state index contributed by atoms with van der Waals surface area (Å²) in [7, 11) is 1.52. The lowest BCUT2D eigenvalue weighted by molar-refractivity contribution is -0.141. The molecule has 1 atom stereocenters. The number of carbonyl (C=O) groups is 1. The second kappa shape index (κ2) is 10.0. The molecule has 34 heavy (non-hydrogen) atoms. The second-order valence-corrected chi connectivity index (χ2v) is 8.78. The average Bonchev–Trinajstić information content (AvgIpc) is 3.31. The Morgan fingerprint density at radius 3 is 2.62 bits per heavy atom. The van der Waals surface area contributed by atoms with E-state index in [0.29, 0.717) is 43.2 Å². The topological polar surface area (TPSA) is 63.7 Å². The second-order valence-electron chi connectivity index (χ2n) is 7.78. The van der Waals surface area contributed by atoms with Crippen molar-refractivity contribution in [3.8, 4) is 16.3 Å². The summed E-state index contributed by atoms with van der Waals surface area (Å²) in [5, 5.41) is 2.81. The number of nitrogens with zero attached hydrogens (tertiary/aromatic N) is 2. The van der Waals surface area contributed by atoms with Gasteiger partial charge in [-0.2, -0.15) is 13.2 Å². The zero-order chi connectivity index (χ0) is 24.3. The fraction of sp³-hybridized carbons (Fsp3) is 0.333. The summed E-state index contributed by atoms with van der Waals surface area (Å²) in [4.78, 5) is 18.5. The van der Waals surface area contributed by atoms with Gasteiger partial charge in [-0.3, -0.25) is 4.79 Å². The number of benzene rings is 2. The van der Waals surface area contributed by atoms with E-state index in [-0.39, 0.29) is 5.01 Å². The summed E-state index contributed by atoms with van der Waals surface area (Å²) < 4.78 is 52.2. The van der Waals surface area contributed by atoms with E-state index in [1.54, 1.807) is 43.3 Å². The van der Waals surface area contributed by atoms with Crippen LogP contribution in [0.2, 0.25) is 0 Å². The fourth-order valence-corrected chi connectivity index (χ4v) is 4.79. The van der Waals surface area contributed by atoms with Crippen LogP contribution in [0.3, 0.4) is 0 Å². The SMILES string of the molecule is COc1cccc(C(C)NC(=O)c2sc(-c3ccccc3N3CCOCC3)nc2C(F)(F)F)c1. The van der Waals surface area contributed by atoms with Crippen LogP contribution >= 0.6 is 11.3 Å². The summed E-state index contributed by atoms with van der Waals surface area (Å²) >= 11 is 0.745. The number of para-hydroxylation sites is 1. The van der Waals surface area contributed by atoms with Crippen molar-refractivity contribution in [1.82, 2.24) is 10.3 Å². The molecule has 1 fully saturated rings. The van der Waals surface area contributed by atoms with Crippen LogP contribution in [-0.4, -0.2) is 44.3 Å². The van der Waals surface area contributed by atoms with Gasteiger partial charge in [-0.15, -0.1) is 11.3 Å². The molecule has 2 aromatic carbocycles. The van der Waals surface area contributed by atoms with Gasteiger partial charge in [0.05, 0.1) is 26.4 Å². The summed E-state index contributed by atoms with van der Waals surface area (Å²) in [5.41, 5.74) is 0.855. The molecule has 1 saturated heterocycles. The van der Waals surface area contributed by atoms with Crippen molar-refractivity contribution in [2.75, 3.05) is 38.3 Å². The molecule has 6 nitrogen and oxygen atoms in total. The van der Waals surface area contributed by atoms with E-state index in [9.17, 15) is 18.0 Å². The Morgan fingerprint density at radius 1 is 1.18 bits per heavy atom. The molecular formula is C24H24F3N3O3S. The number of ether oxygens (including phenoxy) is 2. The minimum absolute atomic E-state index is 0.147. The normalized spacial score (nSPS) is 15.1. The quantitative estimate of drug-likeness (QED) is 0.516. The zero-order valence-electron chi connectivity index (χ0n) is 18.7. The van der Waals surface area contributed by atoms with E-state index in [1.807, 2.05) is 12.1 Å². The van der Waals surface area contributed by atoms with Gasteiger partial charge in [-0.25, -0.2) is 4.98 Å². The molecule has 1 aromatic heterocycles. The Bertz CT molecular complexity index is 1160. The van der Waals surface area contributed by atoms with Gasteiger partial charge >= 0.3 is 6.18 Å². The van der Waals surface area contributed by atoms with Gasteiger partial charge in [0.1, 0.15) is 15.6 Å². The number of methoxy groups -OCH3 is 1. The predicted octanol–water partition coefficient (Wildman–Crippen LogP) is 5.17. The van der Waals surface area contributed by atoms with Crippen molar-refractivity contribution in [1.29, 1.82) is 0 Å². The van der Waals surface area contributed by atoms with Gasteiger partial charge in [0.15, 0.2) is 5.69 Å². The van der Waals surface area contributed by atoms with Crippen molar-refractivity contribution < 1.29 is 27.4 Å². The van der Waals surface area contributed by atoms with Crippen molar-refractivity contribution >= 4 is 22.9 Å². The summed E-state index contributed by atoms with van der Waals surface area (Å²) in [6, 6.07) is 13.6. The number of aromatic nitrogens is 1. The van der Waals surface area contributed by atoms with Crippen molar-refractivity contribution in [2.45, 2.75) is 19.1 Å². The maximum atomic E-state index is 13.9. The Morgan fingerprint density at radius 2 is 1.91 bits per heavy atom. The average molecular weight is 492 g/mol. The summed E-state index contributed by atoms with van der Waals surface area (Å²) in [6.07, 6.45) is -4.77. The lowest BCUT2D eigenvalue weighted by Crippen LogP contribution is -2.36. The van der Waals surface area contributed by atoms with Crippen LogP contribution in [0.4, 0.5) is 18.9 Å². The standard InChI is InChI=1S/C24H24F3N3O3S/c1-15(16-6-5-7-17(14-16)32-2)28-22(31)20-21(24(25,26)27)29-23(34-20)18-8-3-4-9-19(18)30-10-12-33-13-11-30/h3-9,14-15H,10-13H2,1-2H3,(H,28,31). The predicted molar refractivity (Wildman–Crippen MR) is 124 cm³/mol. The zero-order valence-corrected chi connectivity index (χ0v) is 19.5. The number of anilines is 1. The Balaban J connectivity index is 1.67. The third-order valence-electron chi connectivity index (χ3n) is 5.53. The highest BCUT2D eigenvalue weighted by molar-refractivity contribution is 7.17. The van der Waals surface area contributed by atoms with Crippen LogP contribution in [0.5, 0.6) is 5.75 Å². The van der Waals surface area contributed by atoms with E-state index in [0.717, 1.165) is 17.0 Å². The molecule has 0 spiro atoms. The smallest absolute Gasteiger partial charge is 0.435 e. The molecular weight excluding hydrogens is 467 g/mol. The number of hydrogen-bond donors (Lipinski definition) is 1. The molecule has 1 aliphatic rings. The van der Waals surface area contributed by atoms with E-state index in [1.165, 1.54) is 7.11 Å². The Kier molecular flexibility index (Phi) is 7.08. The van der Waals surface area contributed by atoms with E-state index < -0.39 is 28.7 Å². The number of amides is 1. The molecule has 0 saturated carbocycles. The van der Waals surface area contributed by atoms with Gasteiger partial charge in [-0.1, -0.05) is 24.3 Å². The minimum atomic E-state index is -4.77. The van der Waals surface area contributed by atoms with Gasteiger partial charge < -0.3 is 19.7 Å². The van der Waals surface area contributed by atoms with Gasteiger partial charge in [0, 0.05) is 24.3 Å². The largest absolute Gasteiger partial charge is 0.497 e. The number of alkyl halides is 3. The molecule has 10 heteroatoms. The van der Waals surface area contributed by atoms with Crippen molar-refractivity contribution in [3.05, 3.63) is 64.7 Å². The molecule has 1 amide bonds. The first-order valence-corrected chi connectivity index (χ1v) is 11.5. The highest BCUT2D eigenvalue weighted by atomic mass is 32.1. The third-order valence-corrected chi connectivity index (χ3v) is 6.62. The van der Waals surface area contributed by atoms with Crippen LogP contribution in [-0.2, 0) is 10.9 Å². The Hall–Kier alpha value is -3.11. The van der Waals surface area contributed by atoms with Crippen LogP contribution < -0.4 is 15.0 Å².